The number of rotatable bonds is 7. The van der Waals surface area contributed by atoms with Gasteiger partial charge in [0.2, 0.25) is 5.91 Å². The van der Waals surface area contributed by atoms with E-state index in [0.717, 1.165) is 17.3 Å². The molecule has 9 nitrogen and oxygen atoms in total. The highest BCUT2D eigenvalue weighted by Crippen LogP contribution is 2.31. The maximum atomic E-state index is 12.5. The van der Waals surface area contributed by atoms with E-state index in [-0.39, 0.29) is 23.2 Å². The number of carbonyl (C=O) groups is 2. The largest absolute Gasteiger partial charge is 0.486 e. The van der Waals surface area contributed by atoms with Gasteiger partial charge in [0.1, 0.15) is 13.2 Å². The molecule has 1 aliphatic heterocycles. The number of methoxy groups -OCH3 is 1. The number of esters is 1. The number of nitrogens with zero attached hydrogens (tertiary/aromatic N) is 2. The summed E-state index contributed by atoms with van der Waals surface area (Å²) in [4.78, 5) is 43.9. The number of hydrogen-bond acceptors (Lipinski definition) is 8. The molecule has 1 aromatic carbocycles. The molecule has 0 unspecified atom stereocenters. The predicted octanol–water partition coefficient (Wildman–Crippen LogP) is 1.01. The number of hydrogen-bond donors (Lipinski definition) is 1. The first-order chi connectivity index (χ1) is 13.9. The van der Waals surface area contributed by atoms with Gasteiger partial charge in [-0.2, -0.15) is 0 Å². The first-order valence-electron chi connectivity index (χ1n) is 8.87. The Morgan fingerprint density at radius 2 is 2.00 bits per heavy atom. The van der Waals surface area contributed by atoms with E-state index in [0.29, 0.717) is 37.0 Å². The van der Waals surface area contributed by atoms with E-state index < -0.39 is 11.5 Å². The van der Waals surface area contributed by atoms with Gasteiger partial charge in [0.15, 0.2) is 16.7 Å². The van der Waals surface area contributed by atoms with E-state index in [4.69, 9.17) is 9.47 Å². The summed E-state index contributed by atoms with van der Waals surface area (Å²) >= 11 is 1.10. The molecule has 0 atom stereocenters. The van der Waals surface area contributed by atoms with Gasteiger partial charge in [0, 0.05) is 19.7 Å². The monoisotopic (exact) mass is 419 g/mol. The van der Waals surface area contributed by atoms with Gasteiger partial charge in [0.25, 0.3) is 5.56 Å². The zero-order valence-electron chi connectivity index (χ0n) is 16.1. The van der Waals surface area contributed by atoms with Gasteiger partial charge in [-0.25, -0.2) is 4.98 Å². The van der Waals surface area contributed by atoms with Crippen molar-refractivity contribution in [3.05, 3.63) is 45.9 Å². The molecule has 0 bridgehead atoms. The smallest absolute Gasteiger partial charge is 0.311 e. The summed E-state index contributed by atoms with van der Waals surface area (Å²) in [6.07, 6.45) is -0.105. The highest BCUT2D eigenvalue weighted by molar-refractivity contribution is 7.99. The van der Waals surface area contributed by atoms with Crippen molar-refractivity contribution in [2.24, 2.45) is 0 Å². The van der Waals surface area contributed by atoms with Crippen LogP contribution in [0.2, 0.25) is 0 Å². The third kappa shape index (κ3) is 5.74. The van der Waals surface area contributed by atoms with E-state index in [9.17, 15) is 14.4 Å². The lowest BCUT2D eigenvalue weighted by Gasteiger charge is -2.21. The number of aromatic nitrogens is 2. The molecule has 2 aromatic rings. The normalized spacial score (nSPS) is 12.3. The van der Waals surface area contributed by atoms with E-state index in [2.05, 4.69) is 14.7 Å². The highest BCUT2D eigenvalue weighted by atomic mass is 32.2. The highest BCUT2D eigenvalue weighted by Gasteiger charge is 2.15. The Labute approximate surface area is 171 Å². The van der Waals surface area contributed by atoms with Gasteiger partial charge in [-0.15, -0.1) is 0 Å². The molecule has 3 rings (SSSR count). The Bertz CT molecular complexity index is 961. The lowest BCUT2D eigenvalue weighted by molar-refractivity contribution is -0.139. The molecular weight excluding hydrogens is 398 g/mol. The van der Waals surface area contributed by atoms with Gasteiger partial charge in [-0.05, 0) is 17.7 Å². The van der Waals surface area contributed by atoms with Crippen LogP contribution in [0.1, 0.15) is 11.3 Å². The molecule has 0 fully saturated rings. The van der Waals surface area contributed by atoms with Gasteiger partial charge in [-0.3, -0.25) is 14.4 Å². The van der Waals surface area contributed by atoms with E-state index in [1.54, 1.807) is 11.9 Å². The molecule has 154 valence electrons. The second-order valence-electron chi connectivity index (χ2n) is 6.31. The van der Waals surface area contributed by atoms with Gasteiger partial charge < -0.3 is 24.1 Å². The third-order valence-corrected chi connectivity index (χ3v) is 4.97. The summed E-state index contributed by atoms with van der Waals surface area (Å²) in [5.74, 6) is 0.839. The second-order valence-corrected chi connectivity index (χ2v) is 7.28. The van der Waals surface area contributed by atoms with Crippen molar-refractivity contribution in [3.8, 4) is 11.5 Å². The topological polar surface area (TPSA) is 111 Å². The van der Waals surface area contributed by atoms with Gasteiger partial charge in [0.05, 0.1) is 25.0 Å². The summed E-state index contributed by atoms with van der Waals surface area (Å²) < 4.78 is 15.6. The molecule has 0 radical (unpaired) electrons. The number of fused-ring (bicyclic) bond motifs is 1. The molecule has 1 N–H and O–H groups in total. The number of nitrogens with one attached hydrogen (secondary N) is 1. The number of thioether (sulfide) groups is 1. The molecule has 1 aromatic heterocycles. The van der Waals surface area contributed by atoms with E-state index >= 15 is 0 Å². The molecule has 29 heavy (non-hydrogen) atoms. The Morgan fingerprint density at radius 1 is 1.24 bits per heavy atom. The fourth-order valence-electron chi connectivity index (χ4n) is 2.65. The minimum absolute atomic E-state index is 0.0890. The fourth-order valence-corrected chi connectivity index (χ4v) is 3.49. The van der Waals surface area contributed by atoms with E-state index in [1.807, 2.05) is 18.2 Å². The van der Waals surface area contributed by atoms with Crippen molar-refractivity contribution >= 4 is 23.6 Å². The second kappa shape index (κ2) is 9.46. The van der Waals surface area contributed by atoms with Crippen LogP contribution in [-0.2, 0) is 27.3 Å². The van der Waals surface area contributed by atoms with Crippen LogP contribution in [0.15, 0.2) is 34.2 Å². The van der Waals surface area contributed by atoms with Crippen LogP contribution >= 0.6 is 11.8 Å². The summed E-state index contributed by atoms with van der Waals surface area (Å²) in [7, 11) is 2.96. The minimum atomic E-state index is -0.491. The summed E-state index contributed by atoms with van der Waals surface area (Å²) in [5, 5.41) is 0.275. The number of H-pyrrole nitrogens is 1. The first kappa shape index (κ1) is 20.7. The van der Waals surface area contributed by atoms with Crippen LogP contribution in [0.25, 0.3) is 0 Å². The fraction of sp³-hybridized carbons (Fsp3) is 0.368. The minimum Gasteiger partial charge on any atom is -0.486 e. The molecule has 10 heteroatoms. The average molecular weight is 419 g/mol. The lowest BCUT2D eigenvalue weighted by Crippen LogP contribution is -2.28. The Morgan fingerprint density at radius 3 is 2.76 bits per heavy atom. The standard InChI is InChI=1S/C19H21N3O6S/c1-22(10-12-3-4-14-15(7-12)28-6-5-27-14)17(24)11-29-19-20-13(8-16(23)21-19)9-18(25)26-2/h3-4,7-8H,5-6,9-11H2,1-2H3,(H,20,21,23). The summed E-state index contributed by atoms with van der Waals surface area (Å²) in [6.45, 7) is 1.43. The average Bonchev–Trinajstić information content (AvgIpc) is 2.71. The molecule has 0 saturated carbocycles. The Kier molecular flexibility index (Phi) is 6.76. The van der Waals surface area contributed by atoms with Gasteiger partial charge in [-0.1, -0.05) is 17.8 Å². The molecule has 2 heterocycles. The number of ether oxygens (including phenoxy) is 3. The van der Waals surface area contributed by atoms with Crippen LogP contribution in [0.4, 0.5) is 0 Å². The Hall–Kier alpha value is -3.01. The zero-order chi connectivity index (χ0) is 20.8. The van der Waals surface area contributed by atoms with Crippen LogP contribution in [-0.4, -0.2) is 59.9 Å². The predicted molar refractivity (Wildman–Crippen MR) is 105 cm³/mol. The number of aromatic amines is 1. The molecule has 0 saturated heterocycles. The van der Waals surface area contributed by atoms with Gasteiger partial charge >= 0.3 is 5.97 Å². The zero-order valence-corrected chi connectivity index (χ0v) is 16.9. The molecule has 0 aliphatic carbocycles. The number of amides is 1. The molecule has 1 aliphatic rings. The number of benzene rings is 1. The van der Waals surface area contributed by atoms with Crippen LogP contribution in [0.3, 0.4) is 0 Å². The molecule has 0 spiro atoms. The number of carbonyl (C=O) groups excluding carboxylic acids is 2. The van der Waals surface area contributed by atoms with E-state index in [1.165, 1.54) is 13.2 Å². The Balaban J connectivity index is 1.57. The van der Waals surface area contributed by atoms with Crippen molar-refractivity contribution in [2.45, 2.75) is 18.1 Å². The SMILES string of the molecule is COC(=O)Cc1cc(=O)[nH]c(SCC(=O)N(C)Cc2ccc3c(c2)OCCO3)n1. The van der Waals surface area contributed by atoms with Crippen LogP contribution < -0.4 is 15.0 Å². The molecular formula is C19H21N3O6S. The van der Waals surface area contributed by atoms with Crippen molar-refractivity contribution in [1.82, 2.24) is 14.9 Å². The first-order valence-corrected chi connectivity index (χ1v) is 9.85. The van der Waals surface area contributed by atoms with Crippen molar-refractivity contribution in [2.75, 3.05) is 33.1 Å². The maximum Gasteiger partial charge on any atom is 0.311 e. The van der Waals surface area contributed by atoms with Crippen molar-refractivity contribution in [3.63, 3.8) is 0 Å². The van der Waals surface area contributed by atoms with Crippen molar-refractivity contribution < 1.29 is 23.8 Å². The van der Waals surface area contributed by atoms with Crippen LogP contribution in [0.5, 0.6) is 11.5 Å². The van der Waals surface area contributed by atoms with Crippen LogP contribution in [0, 0.1) is 0 Å². The summed E-state index contributed by atoms with van der Waals surface area (Å²) in [6, 6.07) is 6.82. The molecule has 1 amide bonds. The maximum absolute atomic E-state index is 12.5. The lowest BCUT2D eigenvalue weighted by atomic mass is 10.2. The van der Waals surface area contributed by atoms with Crippen molar-refractivity contribution in [1.29, 1.82) is 0 Å². The summed E-state index contributed by atoms with van der Waals surface area (Å²) in [5.41, 5.74) is 0.820. The third-order valence-electron chi connectivity index (χ3n) is 4.11. The quantitative estimate of drug-likeness (QED) is 0.402.